The van der Waals surface area contributed by atoms with Crippen molar-refractivity contribution in [3.63, 3.8) is 0 Å². The monoisotopic (exact) mass is 583 g/mol. The van der Waals surface area contributed by atoms with Crippen LogP contribution in [0.15, 0.2) is 80.1 Å². The van der Waals surface area contributed by atoms with Crippen LogP contribution in [0.1, 0.15) is 31.2 Å². The number of thiazole rings is 1. The molecule has 5 rings (SSSR count). The highest BCUT2D eigenvalue weighted by molar-refractivity contribution is 7.07. The normalized spacial score (nSPS) is 15.2. The van der Waals surface area contributed by atoms with Gasteiger partial charge in [-0.25, -0.2) is 9.79 Å². The second kappa shape index (κ2) is 10.6. The van der Waals surface area contributed by atoms with E-state index in [2.05, 4.69) is 4.99 Å². The molecule has 3 heterocycles. The van der Waals surface area contributed by atoms with Gasteiger partial charge in [0.1, 0.15) is 16.5 Å². The zero-order valence-electron chi connectivity index (χ0n) is 20.5. The fraction of sp³-hybridized carbons (Fsp3) is 0.148. The molecule has 1 aliphatic rings. The SMILES string of the molecule is CCOC(=O)C1=C(C)N=c2s/c(=C\c3ccc(-c4ccc([N+](=O)[O-])c(Cl)c4)o3)c(=O)n2C1c1ccc(Cl)cc1. The number of carbonyl (C=O) groups excluding carboxylic acids is 1. The van der Waals surface area contributed by atoms with Gasteiger partial charge in [0.2, 0.25) is 0 Å². The number of carbonyl (C=O) groups is 1. The molecule has 0 saturated heterocycles. The molecular formula is C27H19Cl2N3O6S. The molecule has 0 fully saturated rings. The molecule has 0 bridgehead atoms. The van der Waals surface area contributed by atoms with Crippen molar-refractivity contribution in [3.8, 4) is 11.3 Å². The lowest BCUT2D eigenvalue weighted by molar-refractivity contribution is -0.384. The van der Waals surface area contributed by atoms with Crippen LogP contribution in [-0.2, 0) is 9.53 Å². The van der Waals surface area contributed by atoms with Crippen LogP contribution < -0.4 is 14.9 Å². The molecule has 0 saturated carbocycles. The number of ether oxygens (including phenoxy) is 1. The third kappa shape index (κ3) is 5.06. The Hall–Kier alpha value is -3.99. The van der Waals surface area contributed by atoms with E-state index < -0.39 is 16.9 Å². The minimum absolute atomic E-state index is 0.0151. The smallest absolute Gasteiger partial charge is 0.338 e. The highest BCUT2D eigenvalue weighted by Gasteiger charge is 2.33. The first-order valence-electron chi connectivity index (χ1n) is 11.7. The summed E-state index contributed by atoms with van der Waals surface area (Å²) in [5.74, 6) is 0.254. The molecule has 0 N–H and O–H groups in total. The van der Waals surface area contributed by atoms with Gasteiger partial charge in [-0.15, -0.1) is 0 Å². The number of halogens is 2. The maximum Gasteiger partial charge on any atom is 0.338 e. The third-order valence-electron chi connectivity index (χ3n) is 6.03. The number of nitro groups is 1. The van der Waals surface area contributed by atoms with E-state index in [0.717, 1.165) is 11.3 Å². The summed E-state index contributed by atoms with van der Waals surface area (Å²) in [6, 6.07) is 13.8. The summed E-state index contributed by atoms with van der Waals surface area (Å²) in [6.07, 6.45) is 1.59. The number of benzene rings is 2. The van der Waals surface area contributed by atoms with Crippen LogP contribution in [0.4, 0.5) is 5.69 Å². The lowest BCUT2D eigenvalue weighted by Gasteiger charge is -2.24. The van der Waals surface area contributed by atoms with Crippen molar-refractivity contribution < 1.29 is 18.9 Å². The van der Waals surface area contributed by atoms with E-state index in [9.17, 15) is 19.7 Å². The molecule has 39 heavy (non-hydrogen) atoms. The zero-order chi connectivity index (χ0) is 27.8. The number of hydrogen-bond acceptors (Lipinski definition) is 8. The van der Waals surface area contributed by atoms with Crippen LogP contribution in [-0.4, -0.2) is 22.1 Å². The van der Waals surface area contributed by atoms with Crippen molar-refractivity contribution in [1.82, 2.24) is 4.57 Å². The number of furan rings is 1. The number of hydrogen-bond donors (Lipinski definition) is 0. The lowest BCUT2D eigenvalue weighted by atomic mass is 9.96. The maximum atomic E-state index is 13.7. The Morgan fingerprint density at radius 2 is 1.95 bits per heavy atom. The minimum atomic E-state index is -0.755. The summed E-state index contributed by atoms with van der Waals surface area (Å²) < 4.78 is 13.0. The summed E-state index contributed by atoms with van der Waals surface area (Å²) in [7, 11) is 0. The Bertz CT molecular complexity index is 1840. The Balaban J connectivity index is 1.60. The second-order valence-corrected chi connectivity index (χ2v) is 10.3. The molecule has 1 unspecified atom stereocenters. The number of aromatic nitrogens is 1. The molecule has 0 spiro atoms. The Morgan fingerprint density at radius 1 is 1.21 bits per heavy atom. The number of nitrogens with zero attached hydrogens (tertiary/aromatic N) is 3. The molecule has 1 atom stereocenters. The minimum Gasteiger partial charge on any atom is -0.463 e. The van der Waals surface area contributed by atoms with Gasteiger partial charge in [-0.1, -0.05) is 46.7 Å². The number of allylic oxidation sites excluding steroid dienone is 1. The fourth-order valence-corrected chi connectivity index (χ4v) is 5.68. The fourth-order valence-electron chi connectivity index (χ4n) is 4.27. The van der Waals surface area contributed by atoms with Crippen LogP contribution in [0.2, 0.25) is 10.0 Å². The average Bonchev–Trinajstić information content (AvgIpc) is 3.48. The molecule has 198 valence electrons. The van der Waals surface area contributed by atoms with Crippen molar-refractivity contribution in [2.24, 2.45) is 4.99 Å². The molecule has 12 heteroatoms. The second-order valence-electron chi connectivity index (χ2n) is 8.48. The van der Waals surface area contributed by atoms with Gasteiger partial charge in [-0.3, -0.25) is 19.5 Å². The van der Waals surface area contributed by atoms with Gasteiger partial charge < -0.3 is 9.15 Å². The van der Waals surface area contributed by atoms with Crippen LogP contribution in [0.3, 0.4) is 0 Å². The van der Waals surface area contributed by atoms with Gasteiger partial charge in [-0.2, -0.15) is 0 Å². The molecule has 1 aliphatic heterocycles. The van der Waals surface area contributed by atoms with E-state index in [1.807, 2.05) is 0 Å². The number of esters is 1. The molecule has 4 aromatic rings. The molecule has 0 aliphatic carbocycles. The Morgan fingerprint density at radius 3 is 2.62 bits per heavy atom. The van der Waals surface area contributed by atoms with E-state index in [1.165, 1.54) is 22.8 Å². The number of nitro benzene ring substituents is 1. The third-order valence-corrected chi connectivity index (χ3v) is 7.57. The molecule has 2 aromatic heterocycles. The largest absolute Gasteiger partial charge is 0.463 e. The van der Waals surface area contributed by atoms with E-state index in [-0.39, 0.29) is 28.4 Å². The van der Waals surface area contributed by atoms with Gasteiger partial charge in [-0.05, 0) is 55.8 Å². The van der Waals surface area contributed by atoms with Crippen LogP contribution in [0, 0.1) is 10.1 Å². The summed E-state index contributed by atoms with van der Waals surface area (Å²) in [5, 5.41) is 11.6. The summed E-state index contributed by atoms with van der Waals surface area (Å²) in [6.45, 7) is 3.59. The van der Waals surface area contributed by atoms with Gasteiger partial charge in [0, 0.05) is 22.7 Å². The quantitative estimate of drug-likeness (QED) is 0.173. The first-order valence-corrected chi connectivity index (χ1v) is 13.2. The molecular weight excluding hydrogens is 565 g/mol. The predicted molar refractivity (Wildman–Crippen MR) is 148 cm³/mol. The maximum absolute atomic E-state index is 13.7. The molecule has 9 nitrogen and oxygen atoms in total. The van der Waals surface area contributed by atoms with E-state index in [1.54, 1.807) is 56.3 Å². The van der Waals surface area contributed by atoms with Crippen LogP contribution >= 0.6 is 34.5 Å². The van der Waals surface area contributed by atoms with Gasteiger partial charge in [0.25, 0.3) is 11.2 Å². The van der Waals surface area contributed by atoms with Gasteiger partial charge in [0.15, 0.2) is 4.80 Å². The van der Waals surface area contributed by atoms with E-state index in [4.69, 9.17) is 32.4 Å². The van der Waals surface area contributed by atoms with Crippen molar-refractivity contribution in [3.05, 3.63) is 117 Å². The Kier molecular flexibility index (Phi) is 7.26. The molecule has 0 amide bonds. The summed E-state index contributed by atoms with van der Waals surface area (Å²) in [4.78, 5) is 42.1. The number of fused-ring (bicyclic) bond motifs is 1. The zero-order valence-corrected chi connectivity index (χ0v) is 22.8. The van der Waals surface area contributed by atoms with Crippen molar-refractivity contribution in [1.29, 1.82) is 0 Å². The summed E-state index contributed by atoms with van der Waals surface area (Å²) >= 11 is 13.3. The summed E-state index contributed by atoms with van der Waals surface area (Å²) in [5.41, 5.74) is 1.39. The van der Waals surface area contributed by atoms with Gasteiger partial charge >= 0.3 is 5.97 Å². The Labute approximate surface area is 235 Å². The van der Waals surface area contributed by atoms with Crippen LogP contribution in [0.5, 0.6) is 0 Å². The standard InChI is InChI=1S/C27H19Cl2N3O6S/c1-3-37-26(34)23-14(2)30-27-31(24(23)15-4-7-17(28)8-5-15)25(33)22(39-27)13-18-9-11-21(38-18)16-6-10-20(32(35)36)19(29)12-16/h4-13,24H,3H2,1-2H3/b22-13-. The van der Waals surface area contributed by atoms with Crippen molar-refractivity contribution in [2.45, 2.75) is 19.9 Å². The van der Waals surface area contributed by atoms with E-state index in [0.29, 0.717) is 42.7 Å². The van der Waals surface area contributed by atoms with Crippen molar-refractivity contribution >= 4 is 52.3 Å². The highest BCUT2D eigenvalue weighted by atomic mass is 35.5. The lowest BCUT2D eigenvalue weighted by Crippen LogP contribution is -2.39. The van der Waals surface area contributed by atoms with E-state index >= 15 is 0 Å². The highest BCUT2D eigenvalue weighted by Crippen LogP contribution is 2.32. The topological polar surface area (TPSA) is 117 Å². The first-order chi connectivity index (χ1) is 18.7. The number of rotatable bonds is 6. The first kappa shape index (κ1) is 26.6. The van der Waals surface area contributed by atoms with Crippen molar-refractivity contribution in [2.75, 3.05) is 6.61 Å². The molecule has 0 radical (unpaired) electrons. The predicted octanol–water partition coefficient (Wildman–Crippen LogP) is 5.27. The molecule has 2 aromatic carbocycles. The van der Waals surface area contributed by atoms with Gasteiger partial charge in [0.05, 0.1) is 33.4 Å². The van der Waals surface area contributed by atoms with Crippen LogP contribution in [0.25, 0.3) is 17.4 Å². The average molecular weight is 584 g/mol.